The molecule has 8 nitrogen and oxygen atoms in total. The minimum Gasteiger partial charge on any atom is -0.466 e. The Morgan fingerprint density at radius 1 is 1.32 bits per heavy atom. The van der Waals surface area contributed by atoms with E-state index in [1.165, 1.54) is 4.90 Å². The molecule has 1 aromatic carbocycles. The lowest BCUT2D eigenvalue weighted by Gasteiger charge is -2.41. The van der Waals surface area contributed by atoms with Gasteiger partial charge in [-0.1, -0.05) is 45.0 Å². The van der Waals surface area contributed by atoms with Crippen molar-refractivity contribution in [2.45, 2.75) is 78.2 Å². The van der Waals surface area contributed by atoms with Gasteiger partial charge < -0.3 is 24.4 Å². The van der Waals surface area contributed by atoms with E-state index in [4.69, 9.17) is 9.47 Å². The molecule has 3 saturated heterocycles. The standard InChI is InChI=1S/C30H42N2O6/c1-9-14-31(24-18(5)12-11-13-19(24)6)27(35)25-30-15-20(7)29(8,38-30)23(28(36)37-10-2)22(30)26(34)32(25)21(16-33)17(3)4/h9,11-13,17,20-23,25,33H,1,10,14-16H2,2-8H3/t20?,21-,22-,23+,25?,29-,30?/m0/s1. The Bertz CT molecular complexity index is 1110. The zero-order valence-corrected chi connectivity index (χ0v) is 23.7. The maximum atomic E-state index is 14.8. The number of amides is 2. The number of aliphatic hydroxyl groups is 1. The fraction of sp³-hybridized carbons (Fsp3) is 0.633. The van der Waals surface area contributed by atoms with Gasteiger partial charge in [-0.3, -0.25) is 14.4 Å². The number of ether oxygens (including phenoxy) is 2. The van der Waals surface area contributed by atoms with Crippen molar-refractivity contribution >= 4 is 23.5 Å². The molecule has 0 saturated carbocycles. The lowest BCUT2D eigenvalue weighted by atomic mass is 9.62. The van der Waals surface area contributed by atoms with Gasteiger partial charge >= 0.3 is 5.97 Å². The van der Waals surface area contributed by atoms with Gasteiger partial charge in [0.15, 0.2) is 0 Å². The molecular formula is C30H42N2O6. The second kappa shape index (κ2) is 10.1. The van der Waals surface area contributed by atoms with E-state index in [1.54, 1.807) is 17.9 Å². The number of aryl methyl sites for hydroxylation is 2. The third-order valence-electron chi connectivity index (χ3n) is 9.13. The summed E-state index contributed by atoms with van der Waals surface area (Å²) in [4.78, 5) is 45.7. The van der Waals surface area contributed by atoms with Crippen LogP contribution in [0.4, 0.5) is 5.69 Å². The van der Waals surface area contributed by atoms with E-state index in [2.05, 4.69) is 6.58 Å². The number of nitrogens with zero attached hydrogens (tertiary/aromatic N) is 2. The van der Waals surface area contributed by atoms with Gasteiger partial charge in [0.2, 0.25) is 5.91 Å². The van der Waals surface area contributed by atoms with Crippen molar-refractivity contribution in [2.24, 2.45) is 23.7 Å². The van der Waals surface area contributed by atoms with Gasteiger partial charge in [0.1, 0.15) is 17.6 Å². The third-order valence-corrected chi connectivity index (χ3v) is 9.13. The van der Waals surface area contributed by atoms with Gasteiger partial charge in [0.05, 0.1) is 30.8 Å². The van der Waals surface area contributed by atoms with E-state index in [9.17, 15) is 19.5 Å². The predicted molar refractivity (Wildman–Crippen MR) is 144 cm³/mol. The normalized spacial score (nSPS) is 32.4. The van der Waals surface area contributed by atoms with Crippen molar-refractivity contribution < 1.29 is 29.0 Å². The number of aliphatic hydroxyl groups excluding tert-OH is 1. The summed E-state index contributed by atoms with van der Waals surface area (Å²) < 4.78 is 12.2. The second-order valence-electron chi connectivity index (χ2n) is 11.7. The van der Waals surface area contributed by atoms with Crippen molar-refractivity contribution in [3.63, 3.8) is 0 Å². The van der Waals surface area contributed by atoms with E-state index in [0.29, 0.717) is 6.42 Å². The summed E-state index contributed by atoms with van der Waals surface area (Å²) in [5.74, 6) is -3.02. The molecule has 3 aliphatic rings. The number of hydrogen-bond donors (Lipinski definition) is 1. The molecule has 2 bridgehead atoms. The van der Waals surface area contributed by atoms with Crippen molar-refractivity contribution in [1.29, 1.82) is 0 Å². The lowest BCUT2D eigenvalue weighted by molar-refractivity contribution is -0.162. The zero-order chi connectivity index (χ0) is 28.2. The van der Waals surface area contributed by atoms with Gasteiger partial charge in [-0.05, 0) is 57.1 Å². The molecule has 2 amide bonds. The molecule has 1 aromatic rings. The Labute approximate surface area is 226 Å². The first kappa shape index (κ1) is 28.3. The number of rotatable bonds is 9. The number of anilines is 1. The summed E-state index contributed by atoms with van der Waals surface area (Å²) in [6.45, 7) is 17.4. The lowest BCUT2D eigenvalue weighted by Crippen LogP contribution is -2.60. The van der Waals surface area contributed by atoms with E-state index in [0.717, 1.165) is 16.8 Å². The average molecular weight is 527 g/mol. The molecule has 1 spiro atoms. The molecule has 0 aliphatic carbocycles. The number of hydrogen-bond acceptors (Lipinski definition) is 6. The highest BCUT2D eigenvalue weighted by molar-refractivity contribution is 6.05. The van der Waals surface area contributed by atoms with Crippen LogP contribution in [0, 0.1) is 37.5 Å². The van der Waals surface area contributed by atoms with E-state index < -0.39 is 41.1 Å². The Morgan fingerprint density at radius 2 is 1.95 bits per heavy atom. The van der Waals surface area contributed by atoms with Gasteiger partial charge in [0, 0.05) is 12.2 Å². The van der Waals surface area contributed by atoms with Crippen molar-refractivity contribution in [1.82, 2.24) is 4.90 Å². The van der Waals surface area contributed by atoms with Crippen LogP contribution in [0.3, 0.4) is 0 Å². The fourth-order valence-electron chi connectivity index (χ4n) is 7.32. The summed E-state index contributed by atoms with van der Waals surface area (Å²) in [5.41, 5.74) is 0.468. The number of carbonyl (C=O) groups is 3. The first-order valence-electron chi connectivity index (χ1n) is 13.7. The minimum atomic E-state index is -1.21. The van der Waals surface area contributed by atoms with Crippen LogP contribution in [-0.2, 0) is 23.9 Å². The number of para-hydroxylation sites is 1. The number of esters is 1. The van der Waals surface area contributed by atoms with Crippen LogP contribution in [0.25, 0.3) is 0 Å². The van der Waals surface area contributed by atoms with E-state index >= 15 is 0 Å². The second-order valence-corrected chi connectivity index (χ2v) is 11.7. The zero-order valence-electron chi connectivity index (χ0n) is 23.7. The topological polar surface area (TPSA) is 96.4 Å². The maximum Gasteiger partial charge on any atom is 0.312 e. The molecule has 208 valence electrons. The predicted octanol–water partition coefficient (Wildman–Crippen LogP) is 3.41. The number of fused-ring (bicyclic) bond motifs is 1. The van der Waals surface area contributed by atoms with Gasteiger partial charge in [-0.25, -0.2) is 0 Å². The highest BCUT2D eigenvalue weighted by Crippen LogP contribution is 2.66. The average Bonchev–Trinajstić information content (AvgIpc) is 3.35. The summed E-state index contributed by atoms with van der Waals surface area (Å²) >= 11 is 0. The third kappa shape index (κ3) is 3.90. The Morgan fingerprint density at radius 3 is 2.47 bits per heavy atom. The van der Waals surface area contributed by atoms with Crippen LogP contribution in [0.2, 0.25) is 0 Å². The van der Waals surface area contributed by atoms with E-state index in [1.807, 2.05) is 59.7 Å². The molecule has 0 aromatic heterocycles. The van der Waals surface area contributed by atoms with Crippen LogP contribution in [-0.4, -0.2) is 70.8 Å². The Hall–Kier alpha value is -2.71. The molecular weight excluding hydrogens is 484 g/mol. The first-order valence-corrected chi connectivity index (χ1v) is 13.7. The Kier molecular flexibility index (Phi) is 7.53. The molecule has 0 radical (unpaired) electrons. The quantitative estimate of drug-likeness (QED) is 0.391. The van der Waals surface area contributed by atoms with Gasteiger partial charge in [-0.2, -0.15) is 0 Å². The number of carbonyl (C=O) groups excluding carboxylic acids is 3. The van der Waals surface area contributed by atoms with Gasteiger partial charge in [0.25, 0.3) is 5.91 Å². The van der Waals surface area contributed by atoms with Crippen LogP contribution < -0.4 is 4.90 Å². The molecule has 38 heavy (non-hydrogen) atoms. The van der Waals surface area contributed by atoms with Crippen LogP contribution >= 0.6 is 0 Å². The molecule has 1 N–H and O–H groups in total. The van der Waals surface area contributed by atoms with Crippen molar-refractivity contribution in [2.75, 3.05) is 24.7 Å². The maximum absolute atomic E-state index is 14.8. The smallest absolute Gasteiger partial charge is 0.312 e. The van der Waals surface area contributed by atoms with Crippen molar-refractivity contribution in [3.05, 3.63) is 42.0 Å². The fourth-order valence-corrected chi connectivity index (χ4v) is 7.32. The van der Waals surface area contributed by atoms with Crippen LogP contribution in [0.1, 0.15) is 52.2 Å². The molecule has 7 atom stereocenters. The Balaban J connectivity index is 1.93. The summed E-state index contributed by atoms with van der Waals surface area (Å²) in [5, 5.41) is 10.4. The molecule has 3 unspecified atom stereocenters. The van der Waals surface area contributed by atoms with Crippen LogP contribution in [0.5, 0.6) is 0 Å². The summed E-state index contributed by atoms with van der Waals surface area (Å²) in [6.07, 6.45) is 2.12. The van der Waals surface area contributed by atoms with Crippen LogP contribution in [0.15, 0.2) is 30.9 Å². The van der Waals surface area contributed by atoms with Crippen molar-refractivity contribution in [3.8, 4) is 0 Å². The highest BCUT2D eigenvalue weighted by Gasteiger charge is 2.81. The SMILES string of the molecule is C=CCN(C(=O)C1N([C@@H](CO)C(C)C)C(=O)[C@@H]2[C@H](C(=O)OCC)[C@@]3(C)OC12CC3C)c1c(C)cccc1C. The summed E-state index contributed by atoms with van der Waals surface area (Å²) in [6, 6.07) is 4.22. The molecule has 3 aliphatic heterocycles. The summed E-state index contributed by atoms with van der Waals surface area (Å²) in [7, 11) is 0. The number of benzene rings is 1. The monoisotopic (exact) mass is 526 g/mol. The largest absolute Gasteiger partial charge is 0.466 e. The molecule has 3 fully saturated rings. The van der Waals surface area contributed by atoms with Gasteiger partial charge in [-0.15, -0.1) is 6.58 Å². The highest BCUT2D eigenvalue weighted by atomic mass is 16.6. The first-order chi connectivity index (χ1) is 17.9. The van der Waals surface area contributed by atoms with E-state index in [-0.39, 0.29) is 43.4 Å². The molecule has 8 heteroatoms. The number of likely N-dealkylation sites (tertiary alicyclic amines) is 1. The molecule has 3 heterocycles. The molecule has 4 rings (SSSR count). The minimum absolute atomic E-state index is 0.0871.